The van der Waals surface area contributed by atoms with E-state index in [0.29, 0.717) is 16.8 Å². The first kappa shape index (κ1) is 16.6. The van der Waals surface area contributed by atoms with Crippen molar-refractivity contribution in [3.8, 4) is 5.69 Å². The number of hydrogen-bond donors (Lipinski definition) is 1. The molecule has 1 heterocycles. The second-order valence-electron chi connectivity index (χ2n) is 5.99. The lowest BCUT2D eigenvalue weighted by atomic mass is 9.94. The SMILES string of the molecule is CC(=O)Nc1cc(C)c(C(=O)c2ccc(-n3cccn3)cc2)c(C)c1. The summed E-state index contributed by atoms with van der Waals surface area (Å²) in [6.07, 6.45) is 3.56. The Morgan fingerprint density at radius 2 is 1.68 bits per heavy atom. The highest BCUT2D eigenvalue weighted by Crippen LogP contribution is 2.23. The topological polar surface area (TPSA) is 64.0 Å². The number of carbonyl (C=O) groups is 2. The summed E-state index contributed by atoms with van der Waals surface area (Å²) in [5.41, 5.74) is 4.56. The van der Waals surface area contributed by atoms with Crippen molar-refractivity contribution in [3.05, 3.63) is 77.1 Å². The van der Waals surface area contributed by atoms with Crippen molar-refractivity contribution >= 4 is 17.4 Å². The number of nitrogens with one attached hydrogen (secondary N) is 1. The minimum atomic E-state index is -0.132. The molecule has 2 aromatic carbocycles. The lowest BCUT2D eigenvalue weighted by molar-refractivity contribution is -0.114. The van der Waals surface area contributed by atoms with E-state index in [1.807, 2.05) is 50.4 Å². The van der Waals surface area contributed by atoms with E-state index in [4.69, 9.17) is 0 Å². The number of nitrogens with zero attached hydrogens (tertiary/aromatic N) is 2. The summed E-state index contributed by atoms with van der Waals surface area (Å²) in [5, 5.41) is 6.93. The maximum atomic E-state index is 12.9. The summed E-state index contributed by atoms with van der Waals surface area (Å²) in [7, 11) is 0. The molecule has 0 saturated heterocycles. The molecule has 0 fully saturated rings. The maximum absolute atomic E-state index is 12.9. The third kappa shape index (κ3) is 3.50. The molecule has 1 amide bonds. The maximum Gasteiger partial charge on any atom is 0.221 e. The first-order valence-corrected chi connectivity index (χ1v) is 7.99. The minimum absolute atomic E-state index is 0.0311. The van der Waals surface area contributed by atoms with Gasteiger partial charge in [0, 0.05) is 36.1 Å². The van der Waals surface area contributed by atoms with Crippen molar-refractivity contribution in [1.29, 1.82) is 0 Å². The molecule has 3 rings (SSSR count). The van der Waals surface area contributed by atoms with E-state index in [9.17, 15) is 9.59 Å². The third-order valence-corrected chi connectivity index (χ3v) is 3.98. The van der Waals surface area contributed by atoms with Crippen molar-refractivity contribution in [1.82, 2.24) is 9.78 Å². The van der Waals surface area contributed by atoms with E-state index in [0.717, 1.165) is 16.8 Å². The second-order valence-corrected chi connectivity index (χ2v) is 5.99. The van der Waals surface area contributed by atoms with Crippen LogP contribution < -0.4 is 5.32 Å². The van der Waals surface area contributed by atoms with Crippen molar-refractivity contribution in [2.75, 3.05) is 5.32 Å². The molecule has 0 spiro atoms. The van der Waals surface area contributed by atoms with Crippen LogP contribution >= 0.6 is 0 Å². The van der Waals surface area contributed by atoms with Gasteiger partial charge < -0.3 is 5.32 Å². The Labute approximate surface area is 146 Å². The van der Waals surface area contributed by atoms with Crippen LogP contribution in [0.1, 0.15) is 34.0 Å². The van der Waals surface area contributed by atoms with Gasteiger partial charge in [-0.1, -0.05) is 0 Å². The minimum Gasteiger partial charge on any atom is -0.326 e. The highest BCUT2D eigenvalue weighted by atomic mass is 16.1. The van der Waals surface area contributed by atoms with Crippen LogP contribution in [0.5, 0.6) is 0 Å². The van der Waals surface area contributed by atoms with E-state index in [-0.39, 0.29) is 11.7 Å². The van der Waals surface area contributed by atoms with Crippen LogP contribution in [0.3, 0.4) is 0 Å². The lowest BCUT2D eigenvalue weighted by Gasteiger charge is -2.12. The second kappa shape index (κ2) is 6.73. The monoisotopic (exact) mass is 333 g/mol. The van der Waals surface area contributed by atoms with Gasteiger partial charge >= 0.3 is 0 Å². The molecule has 0 aliphatic carbocycles. The fourth-order valence-electron chi connectivity index (χ4n) is 2.93. The molecular formula is C20H19N3O2. The van der Waals surface area contributed by atoms with Crippen LogP contribution in [0.15, 0.2) is 54.9 Å². The van der Waals surface area contributed by atoms with Gasteiger partial charge in [-0.2, -0.15) is 5.10 Å². The largest absolute Gasteiger partial charge is 0.326 e. The molecule has 5 nitrogen and oxygen atoms in total. The summed E-state index contributed by atoms with van der Waals surface area (Å²) >= 11 is 0. The quantitative estimate of drug-likeness (QED) is 0.741. The zero-order valence-electron chi connectivity index (χ0n) is 14.4. The first-order valence-electron chi connectivity index (χ1n) is 7.99. The van der Waals surface area contributed by atoms with E-state index in [1.165, 1.54) is 6.92 Å². The number of hydrogen-bond acceptors (Lipinski definition) is 3. The number of ketones is 1. The summed E-state index contributed by atoms with van der Waals surface area (Å²) in [6.45, 7) is 5.22. The predicted molar refractivity (Wildman–Crippen MR) is 97.2 cm³/mol. The number of benzene rings is 2. The Hall–Kier alpha value is -3.21. The van der Waals surface area contributed by atoms with Gasteiger partial charge in [0.1, 0.15) is 0 Å². The smallest absolute Gasteiger partial charge is 0.221 e. The van der Waals surface area contributed by atoms with Crippen LogP contribution in [-0.4, -0.2) is 21.5 Å². The van der Waals surface area contributed by atoms with Crippen LogP contribution in [0.4, 0.5) is 5.69 Å². The Kier molecular flexibility index (Phi) is 4.48. The molecule has 126 valence electrons. The van der Waals surface area contributed by atoms with E-state index >= 15 is 0 Å². The van der Waals surface area contributed by atoms with Crippen molar-refractivity contribution in [3.63, 3.8) is 0 Å². The molecule has 0 aliphatic heterocycles. The fourth-order valence-corrected chi connectivity index (χ4v) is 2.93. The molecule has 25 heavy (non-hydrogen) atoms. The Balaban J connectivity index is 1.91. The molecular weight excluding hydrogens is 314 g/mol. The Morgan fingerprint density at radius 3 is 2.20 bits per heavy atom. The van der Waals surface area contributed by atoms with Gasteiger partial charge in [0.05, 0.1) is 5.69 Å². The van der Waals surface area contributed by atoms with Crippen molar-refractivity contribution in [2.45, 2.75) is 20.8 Å². The summed E-state index contributed by atoms with van der Waals surface area (Å²) in [5.74, 6) is -0.163. The van der Waals surface area contributed by atoms with Gasteiger partial charge in [-0.15, -0.1) is 0 Å². The van der Waals surface area contributed by atoms with E-state index < -0.39 is 0 Å². The number of aryl methyl sites for hydroxylation is 2. The van der Waals surface area contributed by atoms with E-state index in [2.05, 4.69) is 10.4 Å². The first-order chi connectivity index (χ1) is 12.0. The van der Waals surface area contributed by atoms with Crippen molar-refractivity contribution < 1.29 is 9.59 Å². The molecule has 1 aromatic heterocycles. The van der Waals surface area contributed by atoms with Gasteiger partial charge in [0.15, 0.2) is 5.78 Å². The average molecular weight is 333 g/mol. The van der Waals surface area contributed by atoms with Crippen LogP contribution in [0.25, 0.3) is 5.69 Å². The summed E-state index contributed by atoms with van der Waals surface area (Å²) in [4.78, 5) is 24.1. The molecule has 0 bridgehead atoms. The normalized spacial score (nSPS) is 10.5. The number of anilines is 1. The number of aromatic nitrogens is 2. The van der Waals surface area contributed by atoms with Gasteiger partial charge in [-0.05, 0) is 67.4 Å². The molecule has 0 unspecified atom stereocenters. The predicted octanol–water partition coefficient (Wildman–Crippen LogP) is 3.68. The lowest BCUT2D eigenvalue weighted by Crippen LogP contribution is -2.10. The summed E-state index contributed by atoms with van der Waals surface area (Å²) in [6, 6.07) is 12.8. The molecule has 0 aliphatic rings. The summed E-state index contributed by atoms with van der Waals surface area (Å²) < 4.78 is 1.74. The van der Waals surface area contributed by atoms with Crippen LogP contribution in [0, 0.1) is 13.8 Å². The zero-order chi connectivity index (χ0) is 18.0. The Bertz CT molecular complexity index is 903. The van der Waals surface area contributed by atoms with Crippen LogP contribution in [0.2, 0.25) is 0 Å². The standard InChI is InChI=1S/C20H19N3O2/c1-13-11-17(22-15(3)24)12-14(2)19(13)20(25)16-5-7-18(8-6-16)23-10-4-9-21-23/h4-12H,1-3H3,(H,22,24). The molecule has 1 N–H and O–H groups in total. The molecule has 0 saturated carbocycles. The fraction of sp³-hybridized carbons (Fsp3) is 0.150. The number of rotatable bonds is 4. The van der Waals surface area contributed by atoms with Crippen LogP contribution in [-0.2, 0) is 4.79 Å². The van der Waals surface area contributed by atoms with Gasteiger partial charge in [-0.25, -0.2) is 4.68 Å². The Morgan fingerprint density at radius 1 is 1.04 bits per heavy atom. The van der Waals surface area contributed by atoms with Crippen molar-refractivity contribution in [2.24, 2.45) is 0 Å². The van der Waals surface area contributed by atoms with Gasteiger partial charge in [-0.3, -0.25) is 9.59 Å². The van der Waals surface area contributed by atoms with Gasteiger partial charge in [0.2, 0.25) is 5.91 Å². The molecule has 0 radical (unpaired) electrons. The molecule has 0 atom stereocenters. The zero-order valence-corrected chi connectivity index (χ0v) is 14.4. The number of amides is 1. The molecule has 3 aromatic rings. The third-order valence-electron chi connectivity index (χ3n) is 3.98. The average Bonchev–Trinajstić information content (AvgIpc) is 3.08. The molecule has 5 heteroatoms. The number of carbonyl (C=O) groups excluding carboxylic acids is 2. The highest BCUT2D eigenvalue weighted by Gasteiger charge is 2.16. The van der Waals surface area contributed by atoms with E-state index in [1.54, 1.807) is 23.0 Å². The highest BCUT2D eigenvalue weighted by molar-refractivity contribution is 6.11. The van der Waals surface area contributed by atoms with Gasteiger partial charge in [0.25, 0.3) is 0 Å².